The maximum Gasteiger partial charge on any atom is 0.203 e. The highest BCUT2D eigenvalue weighted by Gasteiger charge is 2.27. The molecule has 1 fully saturated rings. The van der Waals surface area contributed by atoms with Crippen LogP contribution < -0.4 is 19.5 Å². The highest BCUT2D eigenvalue weighted by atomic mass is 16.5. The Morgan fingerprint density at radius 3 is 1.94 bits per heavy atom. The SMILES string of the molecule is COc1cc(C2CC(C)N2)cc(OC)c1OC. The molecule has 2 rings (SSSR count). The van der Waals surface area contributed by atoms with Crippen molar-refractivity contribution in [1.29, 1.82) is 0 Å². The minimum atomic E-state index is 0.388. The first-order chi connectivity index (χ1) is 8.19. The van der Waals surface area contributed by atoms with Crippen molar-refractivity contribution in [3.8, 4) is 17.2 Å². The van der Waals surface area contributed by atoms with E-state index in [0.717, 1.165) is 6.42 Å². The third-order valence-electron chi connectivity index (χ3n) is 3.16. The Balaban J connectivity index is 2.35. The van der Waals surface area contributed by atoms with Gasteiger partial charge >= 0.3 is 0 Å². The average Bonchev–Trinajstić information content (AvgIpc) is 2.33. The molecule has 0 aromatic heterocycles. The predicted octanol–water partition coefficient (Wildman–Crippen LogP) is 2.14. The van der Waals surface area contributed by atoms with E-state index >= 15 is 0 Å². The molecule has 4 nitrogen and oxygen atoms in total. The smallest absolute Gasteiger partial charge is 0.203 e. The molecule has 4 heteroatoms. The van der Waals surface area contributed by atoms with E-state index in [-0.39, 0.29) is 0 Å². The lowest BCUT2D eigenvalue weighted by Gasteiger charge is -2.35. The Hall–Kier alpha value is -1.42. The van der Waals surface area contributed by atoms with Gasteiger partial charge in [0, 0.05) is 12.1 Å². The summed E-state index contributed by atoms with van der Waals surface area (Å²) in [5.74, 6) is 2.07. The summed E-state index contributed by atoms with van der Waals surface area (Å²) in [5.41, 5.74) is 1.18. The maximum absolute atomic E-state index is 5.33. The Labute approximate surface area is 102 Å². The van der Waals surface area contributed by atoms with E-state index in [4.69, 9.17) is 14.2 Å². The van der Waals surface area contributed by atoms with Crippen molar-refractivity contribution < 1.29 is 14.2 Å². The van der Waals surface area contributed by atoms with E-state index in [2.05, 4.69) is 12.2 Å². The number of methoxy groups -OCH3 is 3. The number of ether oxygens (including phenoxy) is 3. The molecule has 0 saturated carbocycles. The van der Waals surface area contributed by atoms with Gasteiger partial charge in [0.2, 0.25) is 5.75 Å². The second-order valence-corrected chi connectivity index (χ2v) is 4.31. The molecule has 2 unspecified atom stereocenters. The lowest BCUT2D eigenvalue weighted by Crippen LogP contribution is -2.43. The molecule has 1 aliphatic rings. The van der Waals surface area contributed by atoms with E-state index in [1.807, 2.05) is 12.1 Å². The van der Waals surface area contributed by atoms with Gasteiger partial charge < -0.3 is 19.5 Å². The molecule has 2 atom stereocenters. The van der Waals surface area contributed by atoms with Crippen LogP contribution in [0.3, 0.4) is 0 Å². The molecule has 94 valence electrons. The summed E-state index contributed by atoms with van der Waals surface area (Å²) in [5, 5.41) is 3.45. The van der Waals surface area contributed by atoms with E-state index in [1.54, 1.807) is 21.3 Å². The van der Waals surface area contributed by atoms with Crippen molar-refractivity contribution in [2.24, 2.45) is 0 Å². The second-order valence-electron chi connectivity index (χ2n) is 4.31. The van der Waals surface area contributed by atoms with Gasteiger partial charge in [0.1, 0.15) is 0 Å². The summed E-state index contributed by atoms with van der Waals surface area (Å²) in [6.07, 6.45) is 1.14. The Bertz CT molecular complexity index is 375. The molecule has 0 aliphatic carbocycles. The van der Waals surface area contributed by atoms with Crippen molar-refractivity contribution >= 4 is 0 Å². The van der Waals surface area contributed by atoms with Crippen LogP contribution in [0.4, 0.5) is 0 Å². The van der Waals surface area contributed by atoms with Gasteiger partial charge in [-0.25, -0.2) is 0 Å². The molecule has 0 amide bonds. The van der Waals surface area contributed by atoms with Gasteiger partial charge in [-0.1, -0.05) is 0 Å². The summed E-state index contributed by atoms with van der Waals surface area (Å²) in [4.78, 5) is 0. The van der Waals surface area contributed by atoms with Crippen LogP contribution in [0.15, 0.2) is 12.1 Å². The molecule has 0 radical (unpaired) electrons. The largest absolute Gasteiger partial charge is 0.493 e. The molecule has 1 N–H and O–H groups in total. The van der Waals surface area contributed by atoms with E-state index in [0.29, 0.717) is 29.3 Å². The van der Waals surface area contributed by atoms with Gasteiger partial charge in [0.05, 0.1) is 21.3 Å². The molecular formula is C13H19NO3. The van der Waals surface area contributed by atoms with Crippen LogP contribution in [0.2, 0.25) is 0 Å². The molecule has 1 aliphatic heterocycles. The van der Waals surface area contributed by atoms with Crippen LogP contribution in [-0.4, -0.2) is 27.4 Å². The van der Waals surface area contributed by atoms with Crippen LogP contribution in [0.5, 0.6) is 17.2 Å². The number of nitrogens with one attached hydrogen (secondary N) is 1. The van der Waals surface area contributed by atoms with Gasteiger partial charge in [-0.15, -0.1) is 0 Å². The van der Waals surface area contributed by atoms with Crippen molar-refractivity contribution in [2.45, 2.75) is 25.4 Å². The summed E-state index contributed by atoms with van der Waals surface area (Å²) in [6, 6.07) is 4.98. The third-order valence-corrected chi connectivity index (χ3v) is 3.16. The van der Waals surface area contributed by atoms with Gasteiger partial charge in [-0.3, -0.25) is 0 Å². The van der Waals surface area contributed by atoms with Crippen LogP contribution in [-0.2, 0) is 0 Å². The summed E-state index contributed by atoms with van der Waals surface area (Å²) in [6.45, 7) is 2.18. The number of hydrogen-bond donors (Lipinski definition) is 1. The van der Waals surface area contributed by atoms with Crippen molar-refractivity contribution in [3.63, 3.8) is 0 Å². The first kappa shape index (κ1) is 12.0. The van der Waals surface area contributed by atoms with E-state index in [1.165, 1.54) is 5.56 Å². The summed E-state index contributed by atoms with van der Waals surface area (Å²) >= 11 is 0. The van der Waals surface area contributed by atoms with E-state index in [9.17, 15) is 0 Å². The van der Waals surface area contributed by atoms with Crippen LogP contribution in [0, 0.1) is 0 Å². The van der Waals surface area contributed by atoms with Crippen LogP contribution in [0.1, 0.15) is 24.9 Å². The normalized spacial score (nSPS) is 22.8. The highest BCUT2D eigenvalue weighted by Crippen LogP contribution is 2.41. The predicted molar refractivity (Wildman–Crippen MR) is 66.1 cm³/mol. The Morgan fingerprint density at radius 2 is 1.59 bits per heavy atom. The summed E-state index contributed by atoms with van der Waals surface area (Å²) < 4.78 is 16.0. The molecular weight excluding hydrogens is 218 g/mol. The van der Waals surface area contributed by atoms with Gasteiger partial charge in [-0.2, -0.15) is 0 Å². The minimum Gasteiger partial charge on any atom is -0.493 e. The fourth-order valence-electron chi connectivity index (χ4n) is 2.21. The fraction of sp³-hybridized carbons (Fsp3) is 0.538. The maximum atomic E-state index is 5.33. The van der Waals surface area contributed by atoms with Crippen LogP contribution >= 0.6 is 0 Å². The van der Waals surface area contributed by atoms with Crippen molar-refractivity contribution in [2.75, 3.05) is 21.3 Å². The van der Waals surface area contributed by atoms with Crippen molar-refractivity contribution in [1.82, 2.24) is 5.32 Å². The third kappa shape index (κ3) is 2.17. The molecule has 17 heavy (non-hydrogen) atoms. The zero-order valence-corrected chi connectivity index (χ0v) is 10.7. The molecule has 1 heterocycles. The second kappa shape index (κ2) is 4.84. The lowest BCUT2D eigenvalue weighted by atomic mass is 9.91. The van der Waals surface area contributed by atoms with Gasteiger partial charge in [0.15, 0.2) is 11.5 Å². The van der Waals surface area contributed by atoms with Gasteiger partial charge in [-0.05, 0) is 31.0 Å². The molecule has 1 saturated heterocycles. The number of benzene rings is 1. The monoisotopic (exact) mass is 237 g/mol. The number of hydrogen-bond acceptors (Lipinski definition) is 4. The summed E-state index contributed by atoms with van der Waals surface area (Å²) in [7, 11) is 4.89. The standard InChI is InChI=1S/C13H19NO3/c1-8-5-10(14-8)9-6-11(15-2)13(17-4)12(7-9)16-3/h6-8,10,14H,5H2,1-4H3. The zero-order valence-electron chi connectivity index (χ0n) is 10.7. The highest BCUT2D eigenvalue weighted by molar-refractivity contribution is 5.54. The van der Waals surface area contributed by atoms with Crippen molar-refractivity contribution in [3.05, 3.63) is 17.7 Å². The fourth-order valence-corrected chi connectivity index (χ4v) is 2.21. The van der Waals surface area contributed by atoms with Gasteiger partial charge in [0.25, 0.3) is 0 Å². The quantitative estimate of drug-likeness (QED) is 0.871. The zero-order chi connectivity index (χ0) is 12.4. The minimum absolute atomic E-state index is 0.388. The molecule has 0 spiro atoms. The topological polar surface area (TPSA) is 39.7 Å². The van der Waals surface area contributed by atoms with Crippen LogP contribution in [0.25, 0.3) is 0 Å². The first-order valence-corrected chi connectivity index (χ1v) is 5.75. The number of rotatable bonds is 4. The molecule has 1 aromatic rings. The Morgan fingerprint density at radius 1 is 1.06 bits per heavy atom. The lowest BCUT2D eigenvalue weighted by molar-refractivity contribution is 0.282. The molecule has 0 bridgehead atoms. The average molecular weight is 237 g/mol. The molecule has 1 aromatic carbocycles. The Kier molecular flexibility index (Phi) is 3.43. The first-order valence-electron chi connectivity index (χ1n) is 5.75. The van der Waals surface area contributed by atoms with E-state index < -0.39 is 0 Å².